The van der Waals surface area contributed by atoms with Crippen molar-refractivity contribution in [2.45, 2.75) is 19.8 Å². The van der Waals surface area contributed by atoms with E-state index in [1.165, 1.54) is 0 Å². The second kappa shape index (κ2) is 7.41. The van der Waals surface area contributed by atoms with Crippen LogP contribution in [0.3, 0.4) is 0 Å². The molecular weight excluding hydrogens is 278 g/mol. The fourth-order valence-corrected chi connectivity index (χ4v) is 2.26. The van der Waals surface area contributed by atoms with Gasteiger partial charge in [-0.3, -0.25) is 9.59 Å². The Balaban J connectivity index is 1.97. The average molecular weight is 297 g/mol. The first kappa shape index (κ1) is 15.8. The molecule has 0 heterocycles. The van der Waals surface area contributed by atoms with Crippen LogP contribution in [-0.4, -0.2) is 17.0 Å². The van der Waals surface area contributed by atoms with E-state index in [0.717, 1.165) is 5.56 Å². The Bertz CT molecular complexity index is 652. The van der Waals surface area contributed by atoms with Gasteiger partial charge in [-0.1, -0.05) is 49.4 Å². The van der Waals surface area contributed by atoms with Gasteiger partial charge in [0.15, 0.2) is 0 Å². The number of anilines is 1. The van der Waals surface area contributed by atoms with Gasteiger partial charge in [0.1, 0.15) is 0 Å². The summed E-state index contributed by atoms with van der Waals surface area (Å²) in [5.41, 5.74) is 2.41. The monoisotopic (exact) mass is 297 g/mol. The maximum atomic E-state index is 12.2. The van der Waals surface area contributed by atoms with Crippen molar-refractivity contribution >= 4 is 17.6 Å². The van der Waals surface area contributed by atoms with Crippen LogP contribution in [0.25, 0.3) is 0 Å². The minimum atomic E-state index is -0.888. The van der Waals surface area contributed by atoms with Crippen LogP contribution < -0.4 is 5.32 Å². The highest BCUT2D eigenvalue weighted by molar-refractivity contribution is 5.92. The number of rotatable bonds is 6. The van der Waals surface area contributed by atoms with Gasteiger partial charge in [0.05, 0.1) is 6.42 Å². The Labute approximate surface area is 129 Å². The quantitative estimate of drug-likeness (QED) is 0.861. The van der Waals surface area contributed by atoms with Crippen molar-refractivity contribution in [2.24, 2.45) is 5.92 Å². The number of carbonyl (C=O) groups is 2. The minimum absolute atomic E-state index is 0.0523. The van der Waals surface area contributed by atoms with Gasteiger partial charge < -0.3 is 10.4 Å². The van der Waals surface area contributed by atoms with Crippen molar-refractivity contribution in [1.82, 2.24) is 0 Å². The van der Waals surface area contributed by atoms with E-state index >= 15 is 0 Å². The predicted molar refractivity (Wildman–Crippen MR) is 85.7 cm³/mol. The fraction of sp³-hybridized carbons (Fsp3) is 0.222. The summed E-state index contributed by atoms with van der Waals surface area (Å²) in [4.78, 5) is 22.9. The summed E-state index contributed by atoms with van der Waals surface area (Å²) >= 11 is 0. The van der Waals surface area contributed by atoms with Gasteiger partial charge in [-0.15, -0.1) is 0 Å². The molecule has 0 aliphatic carbocycles. The maximum absolute atomic E-state index is 12.2. The molecule has 1 atom stereocenters. The third-order valence-electron chi connectivity index (χ3n) is 3.38. The van der Waals surface area contributed by atoms with Crippen LogP contribution in [0.1, 0.15) is 18.1 Å². The van der Waals surface area contributed by atoms with Crippen LogP contribution in [0.4, 0.5) is 5.69 Å². The molecule has 0 fully saturated rings. The fourth-order valence-electron chi connectivity index (χ4n) is 2.26. The van der Waals surface area contributed by atoms with E-state index in [-0.39, 0.29) is 18.2 Å². The van der Waals surface area contributed by atoms with Gasteiger partial charge in [0.2, 0.25) is 5.91 Å². The van der Waals surface area contributed by atoms with E-state index in [2.05, 4.69) is 5.32 Å². The SMILES string of the molecule is C[C@H](Cc1ccccc1)C(=O)Nc1cccc(CC(=O)O)c1. The lowest BCUT2D eigenvalue weighted by Crippen LogP contribution is -2.22. The zero-order valence-electron chi connectivity index (χ0n) is 12.5. The highest BCUT2D eigenvalue weighted by Crippen LogP contribution is 2.14. The first-order chi connectivity index (χ1) is 10.5. The second-order valence-electron chi connectivity index (χ2n) is 5.35. The smallest absolute Gasteiger partial charge is 0.307 e. The molecule has 2 rings (SSSR count). The summed E-state index contributed by atoms with van der Waals surface area (Å²) in [7, 11) is 0. The number of carbonyl (C=O) groups excluding carboxylic acids is 1. The molecule has 2 aromatic carbocycles. The summed E-state index contributed by atoms with van der Waals surface area (Å²) in [5, 5.41) is 11.6. The van der Waals surface area contributed by atoms with Gasteiger partial charge >= 0.3 is 5.97 Å². The van der Waals surface area contributed by atoms with Crippen LogP contribution in [0.5, 0.6) is 0 Å². The molecule has 4 nitrogen and oxygen atoms in total. The van der Waals surface area contributed by atoms with E-state index in [4.69, 9.17) is 5.11 Å². The molecule has 0 aromatic heterocycles. The Kier molecular flexibility index (Phi) is 5.31. The van der Waals surface area contributed by atoms with Gasteiger partial charge in [-0.2, -0.15) is 0 Å². The van der Waals surface area contributed by atoms with Crippen LogP contribution in [-0.2, 0) is 22.4 Å². The topological polar surface area (TPSA) is 66.4 Å². The highest BCUT2D eigenvalue weighted by Gasteiger charge is 2.14. The van der Waals surface area contributed by atoms with Crippen LogP contribution in [0, 0.1) is 5.92 Å². The average Bonchev–Trinajstić information content (AvgIpc) is 2.48. The molecule has 1 amide bonds. The molecule has 0 saturated heterocycles. The number of aliphatic carboxylic acids is 1. The Morgan fingerprint density at radius 2 is 1.73 bits per heavy atom. The van der Waals surface area contributed by atoms with E-state index in [9.17, 15) is 9.59 Å². The lowest BCUT2D eigenvalue weighted by Gasteiger charge is -2.13. The largest absolute Gasteiger partial charge is 0.481 e. The van der Waals surface area contributed by atoms with Crippen molar-refractivity contribution < 1.29 is 14.7 Å². The summed E-state index contributed by atoms with van der Waals surface area (Å²) in [5.74, 6) is -1.12. The number of benzene rings is 2. The molecule has 22 heavy (non-hydrogen) atoms. The first-order valence-electron chi connectivity index (χ1n) is 7.20. The third kappa shape index (κ3) is 4.74. The minimum Gasteiger partial charge on any atom is -0.481 e. The molecule has 0 bridgehead atoms. The van der Waals surface area contributed by atoms with Crippen molar-refractivity contribution in [1.29, 1.82) is 0 Å². The molecule has 0 spiro atoms. The van der Waals surface area contributed by atoms with E-state index in [0.29, 0.717) is 17.7 Å². The highest BCUT2D eigenvalue weighted by atomic mass is 16.4. The van der Waals surface area contributed by atoms with Crippen molar-refractivity contribution in [3.05, 3.63) is 65.7 Å². The third-order valence-corrected chi connectivity index (χ3v) is 3.38. The molecule has 0 aliphatic heterocycles. The number of carboxylic acids is 1. The molecule has 2 aromatic rings. The number of nitrogens with one attached hydrogen (secondary N) is 1. The molecule has 0 radical (unpaired) electrons. The molecule has 0 aliphatic rings. The van der Waals surface area contributed by atoms with Gasteiger partial charge in [0, 0.05) is 11.6 Å². The first-order valence-corrected chi connectivity index (χ1v) is 7.20. The Morgan fingerprint density at radius 3 is 2.41 bits per heavy atom. The normalized spacial score (nSPS) is 11.7. The summed E-state index contributed by atoms with van der Waals surface area (Å²) in [6, 6.07) is 16.8. The number of carboxylic acid groups (broad SMARTS) is 1. The summed E-state index contributed by atoms with van der Waals surface area (Å²) in [6.45, 7) is 1.88. The Hall–Kier alpha value is -2.62. The van der Waals surface area contributed by atoms with Gasteiger partial charge in [0.25, 0.3) is 0 Å². The van der Waals surface area contributed by atoms with Crippen molar-refractivity contribution in [2.75, 3.05) is 5.32 Å². The standard InChI is InChI=1S/C18H19NO3/c1-13(10-14-6-3-2-4-7-14)18(22)19-16-9-5-8-15(11-16)12-17(20)21/h2-9,11,13H,10,12H2,1H3,(H,19,22)(H,20,21)/t13-/m1/s1. The number of amides is 1. The lowest BCUT2D eigenvalue weighted by molar-refractivity contribution is -0.136. The van der Waals surface area contributed by atoms with Crippen LogP contribution in [0.2, 0.25) is 0 Å². The summed E-state index contributed by atoms with van der Waals surface area (Å²) in [6.07, 6.45) is 0.616. The molecular formula is C18H19NO3. The predicted octanol–water partition coefficient (Wildman–Crippen LogP) is 3.13. The number of hydrogen-bond acceptors (Lipinski definition) is 2. The van der Waals surface area contributed by atoms with Crippen molar-refractivity contribution in [3.63, 3.8) is 0 Å². The number of hydrogen-bond donors (Lipinski definition) is 2. The van der Waals surface area contributed by atoms with Crippen LogP contribution >= 0.6 is 0 Å². The van der Waals surface area contributed by atoms with Gasteiger partial charge in [-0.05, 0) is 29.7 Å². The van der Waals surface area contributed by atoms with E-state index < -0.39 is 5.97 Å². The molecule has 114 valence electrons. The van der Waals surface area contributed by atoms with Gasteiger partial charge in [-0.25, -0.2) is 0 Å². The summed E-state index contributed by atoms with van der Waals surface area (Å²) < 4.78 is 0. The zero-order chi connectivity index (χ0) is 15.9. The molecule has 0 saturated carbocycles. The zero-order valence-corrected chi connectivity index (χ0v) is 12.5. The van der Waals surface area contributed by atoms with Crippen molar-refractivity contribution in [3.8, 4) is 0 Å². The lowest BCUT2D eigenvalue weighted by atomic mass is 10.0. The van der Waals surface area contributed by atoms with E-state index in [1.807, 2.05) is 37.3 Å². The Morgan fingerprint density at radius 1 is 1.05 bits per heavy atom. The molecule has 4 heteroatoms. The maximum Gasteiger partial charge on any atom is 0.307 e. The second-order valence-corrected chi connectivity index (χ2v) is 5.35. The molecule has 2 N–H and O–H groups in total. The van der Waals surface area contributed by atoms with Crippen LogP contribution in [0.15, 0.2) is 54.6 Å². The van der Waals surface area contributed by atoms with E-state index in [1.54, 1.807) is 24.3 Å². The molecule has 0 unspecified atom stereocenters.